The zero-order valence-corrected chi connectivity index (χ0v) is 13.5. The van der Waals surface area contributed by atoms with Gasteiger partial charge < -0.3 is 4.90 Å². The molecule has 1 aliphatic heterocycles. The predicted molar refractivity (Wildman–Crippen MR) is 99.9 cm³/mol. The predicted octanol–water partition coefficient (Wildman–Crippen LogP) is 4.97. The molecular weight excluding hydrogens is 278 g/mol. The van der Waals surface area contributed by atoms with Crippen LogP contribution in [0.25, 0.3) is 23.8 Å². The molecule has 0 saturated heterocycles. The number of likely N-dealkylation sites (N-methyl/N-ethyl adjacent to an activating group) is 1. The monoisotopic (exact) mass is 299 g/mol. The Hall–Kier alpha value is -2.38. The molecule has 0 N–H and O–H groups in total. The van der Waals surface area contributed by atoms with Gasteiger partial charge in [-0.3, -0.25) is 0 Å². The molecule has 2 aromatic rings. The normalized spacial score (nSPS) is 21.1. The molecule has 4 rings (SSSR count). The maximum atomic E-state index is 2.39. The minimum Gasteiger partial charge on any atom is -0.302 e. The van der Waals surface area contributed by atoms with Crippen molar-refractivity contribution in [3.8, 4) is 0 Å². The zero-order chi connectivity index (χ0) is 15.6. The second-order valence-electron chi connectivity index (χ2n) is 6.35. The van der Waals surface area contributed by atoms with E-state index in [1.54, 1.807) is 0 Å². The summed E-state index contributed by atoms with van der Waals surface area (Å²) in [5.74, 6) is 0. The molecular formula is C22H21N. The molecule has 114 valence electrons. The molecule has 1 aliphatic carbocycles. The Kier molecular flexibility index (Phi) is 3.72. The molecule has 2 aromatic carbocycles. The van der Waals surface area contributed by atoms with E-state index < -0.39 is 0 Å². The quantitative estimate of drug-likeness (QED) is 0.718. The molecule has 0 radical (unpaired) electrons. The molecule has 1 heterocycles. The zero-order valence-electron chi connectivity index (χ0n) is 13.5. The standard InChI is InChI=1S/C22H21N/c1-23-14-12-19(13-15-23)22-16-20-8-3-2-6-17(20)10-11-18-7-4-5-9-21(18)22/h2-12,16H,13-15H2,1H3/b11-10+,17-10?,18-11?,20-16?,22-16-,22-21?. The van der Waals surface area contributed by atoms with Gasteiger partial charge in [0, 0.05) is 13.1 Å². The molecule has 0 bridgehead atoms. The summed E-state index contributed by atoms with van der Waals surface area (Å²) in [4.78, 5) is 2.37. The Bertz CT molecular complexity index is 823. The first-order chi connectivity index (χ1) is 11.3. The highest BCUT2D eigenvalue weighted by Gasteiger charge is 2.16. The van der Waals surface area contributed by atoms with Gasteiger partial charge in [-0.1, -0.05) is 66.8 Å². The lowest BCUT2D eigenvalue weighted by molar-refractivity contribution is 0.362. The summed E-state index contributed by atoms with van der Waals surface area (Å²) in [6.45, 7) is 2.16. The van der Waals surface area contributed by atoms with Crippen LogP contribution in [-0.2, 0) is 0 Å². The van der Waals surface area contributed by atoms with Crippen molar-refractivity contribution in [3.63, 3.8) is 0 Å². The van der Waals surface area contributed by atoms with E-state index in [-0.39, 0.29) is 0 Å². The molecule has 2 aliphatic rings. The number of nitrogens with zero attached hydrogens (tertiary/aromatic N) is 1. The fraction of sp³-hybridized carbons (Fsp3) is 0.182. The van der Waals surface area contributed by atoms with Gasteiger partial charge in [0.1, 0.15) is 0 Å². The van der Waals surface area contributed by atoms with E-state index in [9.17, 15) is 0 Å². The molecule has 1 nitrogen and oxygen atoms in total. The van der Waals surface area contributed by atoms with Crippen molar-refractivity contribution in [3.05, 3.63) is 82.4 Å². The van der Waals surface area contributed by atoms with Crippen LogP contribution in [0.2, 0.25) is 0 Å². The minimum absolute atomic E-state index is 1.03. The molecule has 23 heavy (non-hydrogen) atoms. The van der Waals surface area contributed by atoms with Gasteiger partial charge in [-0.05, 0) is 52.9 Å². The Morgan fingerprint density at radius 2 is 1.52 bits per heavy atom. The summed E-state index contributed by atoms with van der Waals surface area (Å²) >= 11 is 0. The molecule has 0 atom stereocenters. The highest BCUT2D eigenvalue weighted by molar-refractivity contribution is 5.97. The van der Waals surface area contributed by atoms with E-state index in [0.717, 1.165) is 19.5 Å². The number of hydrogen-bond acceptors (Lipinski definition) is 1. The molecule has 0 aromatic heterocycles. The van der Waals surface area contributed by atoms with Gasteiger partial charge >= 0.3 is 0 Å². The van der Waals surface area contributed by atoms with Gasteiger partial charge in [0.15, 0.2) is 0 Å². The van der Waals surface area contributed by atoms with Crippen LogP contribution in [-0.4, -0.2) is 25.0 Å². The number of benzene rings is 2. The van der Waals surface area contributed by atoms with Crippen molar-refractivity contribution >= 4 is 23.8 Å². The van der Waals surface area contributed by atoms with Crippen LogP contribution in [0.15, 0.2) is 60.2 Å². The van der Waals surface area contributed by atoms with Crippen LogP contribution < -0.4 is 0 Å². The number of allylic oxidation sites excluding steroid dienone is 1. The lowest BCUT2D eigenvalue weighted by atomic mass is 9.86. The van der Waals surface area contributed by atoms with Gasteiger partial charge in [0.05, 0.1) is 0 Å². The highest BCUT2D eigenvalue weighted by atomic mass is 15.1. The van der Waals surface area contributed by atoms with Gasteiger partial charge in [0.25, 0.3) is 0 Å². The first kappa shape index (κ1) is 14.2. The molecule has 0 fully saturated rings. The van der Waals surface area contributed by atoms with E-state index in [4.69, 9.17) is 0 Å². The summed E-state index contributed by atoms with van der Waals surface area (Å²) in [6, 6.07) is 17.4. The van der Waals surface area contributed by atoms with Crippen LogP contribution in [0, 0.1) is 0 Å². The Labute approximate surface area is 138 Å². The molecule has 0 saturated carbocycles. The second kappa shape index (κ2) is 6.02. The first-order valence-corrected chi connectivity index (χ1v) is 8.27. The third-order valence-corrected chi connectivity index (χ3v) is 4.75. The van der Waals surface area contributed by atoms with E-state index >= 15 is 0 Å². The third-order valence-electron chi connectivity index (χ3n) is 4.75. The van der Waals surface area contributed by atoms with Crippen molar-refractivity contribution in [2.75, 3.05) is 20.1 Å². The largest absolute Gasteiger partial charge is 0.302 e. The van der Waals surface area contributed by atoms with Crippen LogP contribution >= 0.6 is 0 Å². The highest BCUT2D eigenvalue weighted by Crippen LogP contribution is 2.35. The minimum atomic E-state index is 1.03. The summed E-state index contributed by atoms with van der Waals surface area (Å²) in [5.41, 5.74) is 8.08. The Balaban J connectivity index is 1.91. The maximum Gasteiger partial charge on any atom is 0.0166 e. The van der Waals surface area contributed by atoms with E-state index in [1.165, 1.54) is 33.4 Å². The third kappa shape index (κ3) is 2.80. The van der Waals surface area contributed by atoms with Crippen LogP contribution in [0.4, 0.5) is 0 Å². The molecule has 0 amide bonds. The van der Waals surface area contributed by atoms with Crippen molar-refractivity contribution in [1.82, 2.24) is 4.90 Å². The van der Waals surface area contributed by atoms with E-state index in [0.29, 0.717) is 0 Å². The number of fused-ring (bicyclic) bond motifs is 2. The first-order valence-electron chi connectivity index (χ1n) is 8.27. The average Bonchev–Trinajstić information content (AvgIpc) is 2.58. The van der Waals surface area contributed by atoms with Crippen LogP contribution in [0.1, 0.15) is 28.7 Å². The van der Waals surface area contributed by atoms with Crippen molar-refractivity contribution in [2.45, 2.75) is 6.42 Å². The van der Waals surface area contributed by atoms with Crippen molar-refractivity contribution in [1.29, 1.82) is 0 Å². The van der Waals surface area contributed by atoms with Gasteiger partial charge in [-0.25, -0.2) is 0 Å². The van der Waals surface area contributed by atoms with Crippen molar-refractivity contribution in [2.24, 2.45) is 0 Å². The number of hydrogen-bond donors (Lipinski definition) is 0. The molecule has 1 heteroatoms. The smallest absolute Gasteiger partial charge is 0.0166 e. The fourth-order valence-electron chi connectivity index (χ4n) is 3.38. The molecule has 0 unspecified atom stereocenters. The van der Waals surface area contributed by atoms with Gasteiger partial charge in [-0.15, -0.1) is 0 Å². The topological polar surface area (TPSA) is 3.24 Å². The summed E-state index contributed by atoms with van der Waals surface area (Å²) < 4.78 is 0. The summed E-state index contributed by atoms with van der Waals surface area (Å²) in [6.07, 6.45) is 10.3. The summed E-state index contributed by atoms with van der Waals surface area (Å²) in [5, 5.41) is 0. The van der Waals surface area contributed by atoms with Crippen LogP contribution in [0.5, 0.6) is 0 Å². The van der Waals surface area contributed by atoms with Crippen LogP contribution in [0.3, 0.4) is 0 Å². The van der Waals surface area contributed by atoms with Crippen molar-refractivity contribution < 1.29 is 0 Å². The van der Waals surface area contributed by atoms with Gasteiger partial charge in [0.2, 0.25) is 0 Å². The Morgan fingerprint density at radius 1 is 0.826 bits per heavy atom. The maximum absolute atomic E-state index is 2.39. The lowest BCUT2D eigenvalue weighted by Crippen LogP contribution is -2.24. The van der Waals surface area contributed by atoms with Gasteiger partial charge in [-0.2, -0.15) is 0 Å². The molecule has 0 spiro atoms. The fourth-order valence-corrected chi connectivity index (χ4v) is 3.38. The van der Waals surface area contributed by atoms with E-state index in [1.807, 2.05) is 0 Å². The Morgan fingerprint density at radius 3 is 2.30 bits per heavy atom. The van der Waals surface area contributed by atoms with E-state index in [2.05, 4.69) is 84.8 Å². The average molecular weight is 299 g/mol. The summed E-state index contributed by atoms with van der Waals surface area (Å²) in [7, 11) is 2.19. The lowest BCUT2D eigenvalue weighted by Gasteiger charge is -2.25. The number of rotatable bonds is 1. The SMILES string of the molecule is CN1CC=C(/C2=C/c3ccccc3/C=C/c3ccccc32)CC1. The second-order valence-corrected chi connectivity index (χ2v) is 6.35.